The van der Waals surface area contributed by atoms with Crippen LogP contribution in [-0.4, -0.2) is 56.7 Å². The van der Waals surface area contributed by atoms with E-state index in [1.807, 2.05) is 0 Å². The Labute approximate surface area is 125 Å². The highest BCUT2D eigenvalue weighted by Crippen LogP contribution is 2.28. The molecule has 1 unspecified atom stereocenters. The third kappa shape index (κ3) is 3.25. The summed E-state index contributed by atoms with van der Waals surface area (Å²) in [5.41, 5.74) is 9.99. The van der Waals surface area contributed by atoms with E-state index in [2.05, 4.69) is 4.98 Å². The maximum Gasteiger partial charge on any atom is 0.351 e. The molecule has 1 aliphatic rings. The molecule has 10 nitrogen and oxygen atoms in total. The van der Waals surface area contributed by atoms with Crippen LogP contribution < -0.4 is 17.2 Å². The molecule has 1 aromatic heterocycles. The van der Waals surface area contributed by atoms with Gasteiger partial charge < -0.3 is 31.2 Å². The van der Waals surface area contributed by atoms with Crippen LogP contribution in [0.5, 0.6) is 0 Å². The minimum atomic E-state index is -1.39. The number of aliphatic hydroxyl groups is 2. The monoisotopic (exact) mass is 314 g/mol. The summed E-state index contributed by atoms with van der Waals surface area (Å²) in [4.78, 5) is 26.6. The van der Waals surface area contributed by atoms with Crippen LogP contribution in [0.25, 0.3) is 0 Å². The summed E-state index contributed by atoms with van der Waals surface area (Å²) in [5, 5.41) is 19.9. The van der Waals surface area contributed by atoms with E-state index < -0.39 is 42.2 Å². The first-order valence-electron chi connectivity index (χ1n) is 6.59. The Morgan fingerprint density at radius 1 is 1.55 bits per heavy atom. The number of aromatic nitrogens is 2. The van der Waals surface area contributed by atoms with Gasteiger partial charge in [-0.3, -0.25) is 9.36 Å². The molecule has 1 aliphatic heterocycles. The van der Waals surface area contributed by atoms with Gasteiger partial charge in [-0.15, -0.1) is 0 Å². The molecular formula is C12H18N4O6. The zero-order chi connectivity index (χ0) is 16.4. The molecule has 1 saturated heterocycles. The Bertz CT molecular complexity index is 604. The molecule has 10 heteroatoms. The maximum atomic E-state index is 11.7. The van der Waals surface area contributed by atoms with Crippen molar-refractivity contribution in [3.63, 3.8) is 0 Å². The minimum absolute atomic E-state index is 0.0247. The highest BCUT2D eigenvalue weighted by atomic mass is 16.6. The van der Waals surface area contributed by atoms with Crippen molar-refractivity contribution in [3.8, 4) is 0 Å². The van der Waals surface area contributed by atoms with Crippen molar-refractivity contribution in [2.75, 3.05) is 12.3 Å². The topological polar surface area (TPSA) is 163 Å². The van der Waals surface area contributed by atoms with Crippen molar-refractivity contribution in [2.24, 2.45) is 5.73 Å². The minimum Gasteiger partial charge on any atom is -0.462 e. The van der Waals surface area contributed by atoms with Crippen LogP contribution in [0.15, 0.2) is 17.1 Å². The number of aliphatic hydroxyl groups excluding tert-OH is 2. The Kier molecular flexibility index (Phi) is 4.76. The van der Waals surface area contributed by atoms with Gasteiger partial charge in [-0.1, -0.05) is 0 Å². The van der Waals surface area contributed by atoms with E-state index in [9.17, 15) is 19.8 Å². The normalized spacial score (nSPS) is 29.3. The highest BCUT2D eigenvalue weighted by molar-refractivity contribution is 5.74. The van der Waals surface area contributed by atoms with Crippen LogP contribution in [-0.2, 0) is 14.3 Å². The summed E-state index contributed by atoms with van der Waals surface area (Å²) in [6, 6.07) is 0.538. The van der Waals surface area contributed by atoms with Gasteiger partial charge in [0.1, 0.15) is 36.8 Å². The Hall–Kier alpha value is -2.01. The second kappa shape index (κ2) is 6.40. The van der Waals surface area contributed by atoms with Crippen LogP contribution in [0.1, 0.15) is 13.2 Å². The maximum absolute atomic E-state index is 11.7. The number of nitrogen functional groups attached to an aromatic ring is 1. The fraction of sp³-hybridized carbons (Fsp3) is 0.583. The van der Waals surface area contributed by atoms with Gasteiger partial charge in [-0.05, 0) is 13.0 Å². The number of ether oxygens (including phenoxy) is 2. The average molecular weight is 314 g/mol. The molecule has 6 N–H and O–H groups in total. The number of nitrogens with two attached hydrogens (primary N) is 2. The van der Waals surface area contributed by atoms with Crippen molar-refractivity contribution in [3.05, 3.63) is 22.7 Å². The van der Waals surface area contributed by atoms with Gasteiger partial charge >= 0.3 is 11.7 Å². The summed E-state index contributed by atoms with van der Waals surface area (Å²) in [5.74, 6) is -0.642. The third-order valence-electron chi connectivity index (χ3n) is 3.22. The van der Waals surface area contributed by atoms with E-state index in [0.717, 1.165) is 4.57 Å². The van der Waals surface area contributed by atoms with E-state index >= 15 is 0 Å². The average Bonchev–Trinajstić information content (AvgIpc) is 2.73. The molecule has 22 heavy (non-hydrogen) atoms. The standard InChI is InChI=1S/C12H18N4O6/c1-5(13)11(19)21-4-6-8(17)9(18)10(22-6)16-3-2-7(14)15-12(16)20/h2-3,5-6,8-10,17-18H,4,13H2,1H3,(H2,14,15,20)/t5-,6+,8-,9-,10?/m0/s1. The first kappa shape index (κ1) is 16.4. The van der Waals surface area contributed by atoms with Crippen LogP contribution >= 0.6 is 0 Å². The van der Waals surface area contributed by atoms with Gasteiger partial charge in [0.25, 0.3) is 0 Å². The summed E-state index contributed by atoms with van der Waals surface area (Å²) in [7, 11) is 0. The van der Waals surface area contributed by atoms with Crippen LogP contribution in [0.4, 0.5) is 5.82 Å². The van der Waals surface area contributed by atoms with Crippen molar-refractivity contribution in [1.82, 2.24) is 9.55 Å². The summed E-state index contributed by atoms with van der Waals surface area (Å²) >= 11 is 0. The molecule has 0 amide bonds. The quantitative estimate of drug-likeness (QED) is 0.434. The molecule has 122 valence electrons. The first-order chi connectivity index (χ1) is 10.3. The molecule has 0 spiro atoms. The van der Waals surface area contributed by atoms with Crippen LogP contribution in [0.3, 0.4) is 0 Å². The van der Waals surface area contributed by atoms with Gasteiger partial charge in [0.15, 0.2) is 6.23 Å². The number of hydrogen-bond acceptors (Lipinski definition) is 9. The second-order valence-electron chi connectivity index (χ2n) is 5.01. The molecule has 2 rings (SSSR count). The second-order valence-corrected chi connectivity index (χ2v) is 5.01. The van der Waals surface area contributed by atoms with E-state index in [1.54, 1.807) is 0 Å². The van der Waals surface area contributed by atoms with Crippen molar-refractivity contribution < 1.29 is 24.5 Å². The van der Waals surface area contributed by atoms with Crippen molar-refractivity contribution >= 4 is 11.8 Å². The number of carbonyl (C=O) groups is 1. The molecule has 1 aromatic rings. The zero-order valence-electron chi connectivity index (χ0n) is 11.8. The molecule has 0 saturated carbocycles. The SMILES string of the molecule is C[C@H](N)C(=O)OC[C@H]1OC(n2ccc(N)nc2=O)[C@@H](O)[C@H]1O. The molecule has 0 radical (unpaired) electrons. The van der Waals surface area contributed by atoms with Gasteiger partial charge in [0.05, 0.1) is 0 Å². The molecular weight excluding hydrogens is 296 g/mol. The lowest BCUT2D eigenvalue weighted by Gasteiger charge is -2.17. The Balaban J connectivity index is 2.10. The molecule has 0 bridgehead atoms. The van der Waals surface area contributed by atoms with Gasteiger partial charge in [0, 0.05) is 6.20 Å². The van der Waals surface area contributed by atoms with Crippen LogP contribution in [0.2, 0.25) is 0 Å². The molecule has 1 fully saturated rings. The summed E-state index contributed by atoms with van der Waals surface area (Å²) in [6.07, 6.45) is -3.58. The number of nitrogens with zero attached hydrogens (tertiary/aromatic N) is 2. The van der Waals surface area contributed by atoms with Crippen molar-refractivity contribution in [1.29, 1.82) is 0 Å². The number of anilines is 1. The van der Waals surface area contributed by atoms with E-state index in [-0.39, 0.29) is 12.4 Å². The summed E-state index contributed by atoms with van der Waals surface area (Å²) in [6.45, 7) is 1.15. The van der Waals surface area contributed by atoms with E-state index in [0.29, 0.717) is 0 Å². The first-order valence-corrected chi connectivity index (χ1v) is 6.59. The fourth-order valence-corrected chi connectivity index (χ4v) is 2.01. The highest BCUT2D eigenvalue weighted by Gasteiger charge is 2.44. The van der Waals surface area contributed by atoms with Crippen LogP contribution in [0, 0.1) is 0 Å². The van der Waals surface area contributed by atoms with Gasteiger partial charge in [-0.25, -0.2) is 4.79 Å². The lowest BCUT2D eigenvalue weighted by molar-refractivity contribution is -0.151. The smallest absolute Gasteiger partial charge is 0.351 e. The third-order valence-corrected chi connectivity index (χ3v) is 3.22. The number of rotatable bonds is 4. The predicted octanol–water partition coefficient (Wildman–Crippen LogP) is -2.66. The lowest BCUT2D eigenvalue weighted by Crippen LogP contribution is -2.37. The van der Waals surface area contributed by atoms with Gasteiger partial charge in [0.2, 0.25) is 0 Å². The molecule has 0 aliphatic carbocycles. The number of esters is 1. The largest absolute Gasteiger partial charge is 0.462 e. The predicted molar refractivity (Wildman–Crippen MR) is 73.4 cm³/mol. The Morgan fingerprint density at radius 3 is 2.82 bits per heavy atom. The van der Waals surface area contributed by atoms with Gasteiger partial charge in [-0.2, -0.15) is 4.98 Å². The number of hydrogen-bond donors (Lipinski definition) is 4. The zero-order valence-corrected chi connectivity index (χ0v) is 11.8. The van der Waals surface area contributed by atoms with Crippen molar-refractivity contribution in [2.45, 2.75) is 37.5 Å². The molecule has 2 heterocycles. The Morgan fingerprint density at radius 2 is 2.23 bits per heavy atom. The molecule has 5 atom stereocenters. The lowest BCUT2D eigenvalue weighted by atomic mass is 10.1. The number of carbonyl (C=O) groups excluding carboxylic acids is 1. The van der Waals surface area contributed by atoms with E-state index in [1.165, 1.54) is 19.2 Å². The van der Waals surface area contributed by atoms with E-state index in [4.69, 9.17) is 20.9 Å². The fourth-order valence-electron chi connectivity index (χ4n) is 2.01. The summed E-state index contributed by atoms with van der Waals surface area (Å²) < 4.78 is 11.2. The molecule has 0 aromatic carbocycles.